The smallest absolute Gasteiger partial charge is 0.157 e. The minimum atomic E-state index is -0.600. The molecule has 1 rings (SSSR count). The molecule has 0 saturated carbocycles. The summed E-state index contributed by atoms with van der Waals surface area (Å²) in [6.45, 7) is 4.18. The van der Waals surface area contributed by atoms with Gasteiger partial charge in [-0.25, -0.2) is 0 Å². The number of aliphatic hydroxyl groups excluding tert-OH is 1. The Labute approximate surface area is 84.8 Å². The number of ketones is 1. The number of ether oxygens (including phenoxy) is 1. The zero-order valence-electron chi connectivity index (χ0n) is 8.77. The van der Waals surface area contributed by atoms with Gasteiger partial charge in [-0.15, -0.1) is 0 Å². The van der Waals surface area contributed by atoms with Gasteiger partial charge in [0.15, 0.2) is 12.1 Å². The predicted octanol–water partition coefficient (Wildman–Crippen LogP) is 1.51. The summed E-state index contributed by atoms with van der Waals surface area (Å²) in [4.78, 5) is 10.6. The lowest BCUT2D eigenvalue weighted by molar-refractivity contribution is -0.112. The molecule has 0 aromatic carbocycles. The van der Waals surface area contributed by atoms with Gasteiger partial charge in [-0.1, -0.05) is 13.0 Å². The van der Waals surface area contributed by atoms with Crippen molar-refractivity contribution in [3.05, 3.63) is 12.2 Å². The molecule has 1 aliphatic heterocycles. The highest BCUT2D eigenvalue weighted by Crippen LogP contribution is 2.28. The third-order valence-corrected chi connectivity index (χ3v) is 2.73. The van der Waals surface area contributed by atoms with Crippen molar-refractivity contribution >= 4 is 5.78 Å². The molecule has 80 valence electrons. The number of rotatable bonds is 4. The lowest BCUT2D eigenvalue weighted by Gasteiger charge is -2.12. The SMILES string of the molecule is CC(=O)/C=C/CCC1COC(O)C1C. The second kappa shape index (κ2) is 5.27. The number of aliphatic hydroxyl groups is 1. The van der Waals surface area contributed by atoms with Gasteiger partial charge in [-0.05, 0) is 31.8 Å². The first-order valence-corrected chi connectivity index (χ1v) is 5.08. The number of hydrogen-bond acceptors (Lipinski definition) is 3. The topological polar surface area (TPSA) is 46.5 Å². The molecule has 0 bridgehead atoms. The molecule has 3 nitrogen and oxygen atoms in total. The summed E-state index contributed by atoms with van der Waals surface area (Å²) in [6.07, 6.45) is 4.74. The Bertz CT molecular complexity index is 223. The summed E-state index contributed by atoms with van der Waals surface area (Å²) in [5, 5.41) is 9.32. The molecule has 1 heterocycles. The van der Waals surface area contributed by atoms with Gasteiger partial charge < -0.3 is 9.84 Å². The molecule has 0 spiro atoms. The van der Waals surface area contributed by atoms with Crippen LogP contribution in [0.2, 0.25) is 0 Å². The van der Waals surface area contributed by atoms with Crippen molar-refractivity contribution in [3.63, 3.8) is 0 Å². The van der Waals surface area contributed by atoms with E-state index in [4.69, 9.17) is 4.74 Å². The van der Waals surface area contributed by atoms with Crippen LogP contribution in [0.4, 0.5) is 0 Å². The average molecular weight is 198 g/mol. The minimum Gasteiger partial charge on any atom is -0.368 e. The van der Waals surface area contributed by atoms with Gasteiger partial charge in [0.25, 0.3) is 0 Å². The van der Waals surface area contributed by atoms with E-state index < -0.39 is 6.29 Å². The maximum atomic E-state index is 10.6. The van der Waals surface area contributed by atoms with Crippen molar-refractivity contribution in [2.75, 3.05) is 6.61 Å². The first-order valence-electron chi connectivity index (χ1n) is 5.08. The van der Waals surface area contributed by atoms with Crippen LogP contribution in [0.5, 0.6) is 0 Å². The standard InChI is InChI=1S/C11H18O3/c1-8(12)5-3-4-6-10-7-14-11(13)9(10)2/h3,5,9-11,13H,4,6-7H2,1-2H3/b5-3+. The first kappa shape index (κ1) is 11.4. The van der Waals surface area contributed by atoms with E-state index in [1.54, 1.807) is 13.0 Å². The molecule has 3 atom stereocenters. The second-order valence-corrected chi connectivity index (χ2v) is 3.93. The fraction of sp³-hybridized carbons (Fsp3) is 0.727. The molecule has 0 aromatic heterocycles. The van der Waals surface area contributed by atoms with E-state index in [2.05, 4.69) is 0 Å². The fourth-order valence-corrected chi connectivity index (χ4v) is 1.66. The highest BCUT2D eigenvalue weighted by atomic mass is 16.6. The summed E-state index contributed by atoms with van der Waals surface area (Å²) < 4.78 is 5.12. The molecule has 0 aromatic rings. The molecule has 0 amide bonds. The molecule has 3 unspecified atom stereocenters. The van der Waals surface area contributed by atoms with Crippen LogP contribution in [0.25, 0.3) is 0 Å². The van der Waals surface area contributed by atoms with Gasteiger partial charge in [0.05, 0.1) is 6.61 Å². The zero-order valence-corrected chi connectivity index (χ0v) is 8.77. The number of carbonyl (C=O) groups excluding carboxylic acids is 1. The summed E-state index contributed by atoms with van der Waals surface area (Å²) in [5.41, 5.74) is 0. The van der Waals surface area contributed by atoms with Gasteiger partial charge in [-0.2, -0.15) is 0 Å². The van der Waals surface area contributed by atoms with Gasteiger partial charge in [-0.3, -0.25) is 4.79 Å². The minimum absolute atomic E-state index is 0.0840. The van der Waals surface area contributed by atoms with E-state index in [-0.39, 0.29) is 11.7 Å². The van der Waals surface area contributed by atoms with Crippen LogP contribution in [-0.4, -0.2) is 23.8 Å². The number of hydrogen-bond donors (Lipinski definition) is 1. The van der Waals surface area contributed by atoms with Gasteiger partial charge in [0.1, 0.15) is 0 Å². The Morgan fingerprint density at radius 3 is 2.86 bits per heavy atom. The predicted molar refractivity (Wildman–Crippen MR) is 53.7 cm³/mol. The molecule has 14 heavy (non-hydrogen) atoms. The summed E-state index contributed by atoms with van der Waals surface area (Å²) >= 11 is 0. The normalized spacial score (nSPS) is 32.6. The van der Waals surface area contributed by atoms with E-state index in [1.165, 1.54) is 0 Å². The van der Waals surface area contributed by atoms with Crippen molar-refractivity contribution in [2.24, 2.45) is 11.8 Å². The summed E-state index contributed by atoms with van der Waals surface area (Å²) in [7, 11) is 0. The quantitative estimate of drug-likeness (QED) is 0.696. The van der Waals surface area contributed by atoms with Crippen LogP contribution in [0.3, 0.4) is 0 Å². The van der Waals surface area contributed by atoms with Crippen molar-refractivity contribution in [1.29, 1.82) is 0 Å². The maximum Gasteiger partial charge on any atom is 0.157 e. The fourth-order valence-electron chi connectivity index (χ4n) is 1.66. The van der Waals surface area contributed by atoms with E-state index >= 15 is 0 Å². The molecule has 0 radical (unpaired) electrons. The van der Waals surface area contributed by atoms with Gasteiger partial charge in [0, 0.05) is 5.92 Å². The molecular formula is C11H18O3. The van der Waals surface area contributed by atoms with Crippen LogP contribution in [0.1, 0.15) is 26.7 Å². The highest BCUT2D eigenvalue weighted by Gasteiger charge is 2.31. The summed E-state index contributed by atoms with van der Waals surface area (Å²) in [5.74, 6) is 0.711. The van der Waals surface area contributed by atoms with Crippen LogP contribution in [-0.2, 0) is 9.53 Å². The van der Waals surface area contributed by atoms with Crippen LogP contribution in [0, 0.1) is 11.8 Å². The molecule has 1 saturated heterocycles. The van der Waals surface area contributed by atoms with E-state index in [0.29, 0.717) is 12.5 Å². The Hall–Kier alpha value is -0.670. The van der Waals surface area contributed by atoms with E-state index in [1.807, 2.05) is 13.0 Å². The third-order valence-electron chi connectivity index (χ3n) is 2.73. The van der Waals surface area contributed by atoms with Gasteiger partial charge >= 0.3 is 0 Å². The molecule has 0 aliphatic carbocycles. The Morgan fingerprint density at radius 1 is 1.64 bits per heavy atom. The van der Waals surface area contributed by atoms with Crippen LogP contribution >= 0.6 is 0 Å². The lowest BCUT2D eigenvalue weighted by Crippen LogP contribution is -2.16. The zero-order chi connectivity index (χ0) is 10.6. The average Bonchev–Trinajstić information content (AvgIpc) is 2.43. The van der Waals surface area contributed by atoms with Crippen molar-refractivity contribution in [3.8, 4) is 0 Å². The van der Waals surface area contributed by atoms with Crippen LogP contribution < -0.4 is 0 Å². The second-order valence-electron chi connectivity index (χ2n) is 3.93. The Kier molecular flexibility index (Phi) is 4.29. The lowest BCUT2D eigenvalue weighted by atomic mass is 9.92. The maximum absolute atomic E-state index is 10.6. The molecular weight excluding hydrogens is 180 g/mol. The van der Waals surface area contributed by atoms with Crippen molar-refractivity contribution in [1.82, 2.24) is 0 Å². The molecule has 1 N–H and O–H groups in total. The van der Waals surface area contributed by atoms with E-state index in [9.17, 15) is 9.90 Å². The number of allylic oxidation sites excluding steroid dienone is 2. The summed E-state index contributed by atoms with van der Waals surface area (Å²) in [6, 6.07) is 0. The molecule has 1 aliphatic rings. The monoisotopic (exact) mass is 198 g/mol. The van der Waals surface area contributed by atoms with Crippen molar-refractivity contribution < 1.29 is 14.6 Å². The first-order chi connectivity index (χ1) is 6.61. The molecule has 3 heteroatoms. The Morgan fingerprint density at radius 2 is 2.36 bits per heavy atom. The third kappa shape index (κ3) is 3.24. The van der Waals surface area contributed by atoms with Crippen LogP contribution in [0.15, 0.2) is 12.2 Å². The molecule has 1 fully saturated rings. The number of carbonyl (C=O) groups is 1. The van der Waals surface area contributed by atoms with Gasteiger partial charge in [0.2, 0.25) is 0 Å². The van der Waals surface area contributed by atoms with E-state index in [0.717, 1.165) is 12.8 Å². The highest BCUT2D eigenvalue weighted by molar-refractivity contribution is 5.87. The largest absolute Gasteiger partial charge is 0.368 e. The van der Waals surface area contributed by atoms with Crippen molar-refractivity contribution in [2.45, 2.75) is 33.0 Å². The Balaban J connectivity index is 2.22.